The summed E-state index contributed by atoms with van der Waals surface area (Å²) in [6.45, 7) is 6.38. The molecule has 0 saturated carbocycles. The van der Waals surface area contributed by atoms with Gasteiger partial charge in [-0.3, -0.25) is 4.90 Å². The molecule has 1 aromatic carbocycles. The predicted molar refractivity (Wildman–Crippen MR) is 76.5 cm³/mol. The fraction of sp³-hybridized carbons (Fsp3) is 0.375. The number of rotatable bonds is 6. The summed E-state index contributed by atoms with van der Waals surface area (Å²) in [7, 11) is 2.07. The summed E-state index contributed by atoms with van der Waals surface area (Å²) in [6, 6.07) is 12.1. The summed E-state index contributed by atoms with van der Waals surface area (Å²) < 4.78 is 11.3. The van der Waals surface area contributed by atoms with Crippen molar-refractivity contribution < 1.29 is 9.15 Å². The van der Waals surface area contributed by atoms with Gasteiger partial charge in [0, 0.05) is 6.54 Å². The van der Waals surface area contributed by atoms with Crippen LogP contribution in [0.3, 0.4) is 0 Å². The van der Waals surface area contributed by atoms with Crippen LogP contribution in [0.2, 0.25) is 0 Å². The van der Waals surface area contributed by atoms with E-state index in [1.807, 2.05) is 37.3 Å². The third-order valence-electron chi connectivity index (χ3n) is 3.05. The van der Waals surface area contributed by atoms with Gasteiger partial charge in [-0.25, -0.2) is 0 Å². The normalized spacial score (nSPS) is 10.9. The maximum absolute atomic E-state index is 5.78. The Morgan fingerprint density at radius 3 is 2.58 bits per heavy atom. The summed E-state index contributed by atoms with van der Waals surface area (Å²) in [5, 5.41) is 0. The van der Waals surface area contributed by atoms with Gasteiger partial charge in [-0.05, 0) is 44.7 Å². The lowest BCUT2D eigenvalue weighted by atomic mass is 10.2. The highest BCUT2D eigenvalue weighted by Crippen LogP contribution is 2.16. The smallest absolute Gasteiger partial charge is 0.122 e. The molecular formula is C16H21NO2. The number of ether oxygens (including phenoxy) is 1. The van der Waals surface area contributed by atoms with Gasteiger partial charge in [0.1, 0.15) is 23.9 Å². The molecule has 3 heteroatoms. The van der Waals surface area contributed by atoms with Crippen molar-refractivity contribution in [1.29, 1.82) is 0 Å². The van der Waals surface area contributed by atoms with Gasteiger partial charge in [0.25, 0.3) is 0 Å². The lowest BCUT2D eigenvalue weighted by molar-refractivity contribution is 0.221. The zero-order chi connectivity index (χ0) is 13.7. The van der Waals surface area contributed by atoms with Crippen molar-refractivity contribution in [3.05, 3.63) is 53.5 Å². The number of nitrogens with zero attached hydrogens (tertiary/aromatic N) is 1. The second-order valence-electron chi connectivity index (χ2n) is 4.86. The molecule has 0 radical (unpaired) electrons. The minimum absolute atomic E-state index is 0.682. The van der Waals surface area contributed by atoms with E-state index in [0.717, 1.165) is 30.4 Å². The molecule has 0 aliphatic carbocycles. The molecule has 0 unspecified atom stereocenters. The molecule has 2 aromatic rings. The van der Waals surface area contributed by atoms with Crippen molar-refractivity contribution in [2.24, 2.45) is 0 Å². The lowest BCUT2D eigenvalue weighted by Crippen LogP contribution is -2.23. The number of benzene rings is 1. The van der Waals surface area contributed by atoms with Crippen molar-refractivity contribution in [1.82, 2.24) is 4.90 Å². The van der Waals surface area contributed by atoms with Crippen LogP contribution in [0.15, 0.2) is 40.8 Å². The number of para-hydroxylation sites is 1. The zero-order valence-electron chi connectivity index (χ0n) is 11.8. The SMILES string of the molecule is Cc1ccc(CN(C)CCOc2ccccc2C)o1. The molecule has 0 saturated heterocycles. The first kappa shape index (κ1) is 13.7. The molecule has 0 amide bonds. The zero-order valence-corrected chi connectivity index (χ0v) is 11.8. The van der Waals surface area contributed by atoms with Crippen molar-refractivity contribution >= 4 is 0 Å². The third-order valence-corrected chi connectivity index (χ3v) is 3.05. The van der Waals surface area contributed by atoms with E-state index in [1.165, 1.54) is 5.56 Å². The van der Waals surface area contributed by atoms with E-state index in [0.29, 0.717) is 6.61 Å². The van der Waals surface area contributed by atoms with Crippen LogP contribution >= 0.6 is 0 Å². The molecular weight excluding hydrogens is 238 g/mol. The standard InChI is InChI=1S/C16H21NO2/c1-13-6-4-5-7-16(13)18-11-10-17(3)12-15-9-8-14(2)19-15/h4-9H,10-12H2,1-3H3. The molecule has 0 spiro atoms. The van der Waals surface area contributed by atoms with Crippen LogP contribution in [-0.4, -0.2) is 25.1 Å². The Balaban J connectivity index is 1.75. The number of hydrogen-bond acceptors (Lipinski definition) is 3. The minimum Gasteiger partial charge on any atom is -0.492 e. The van der Waals surface area contributed by atoms with Gasteiger partial charge >= 0.3 is 0 Å². The van der Waals surface area contributed by atoms with Crippen molar-refractivity contribution in [2.45, 2.75) is 20.4 Å². The van der Waals surface area contributed by atoms with Gasteiger partial charge in [-0.15, -0.1) is 0 Å². The Morgan fingerprint density at radius 2 is 1.89 bits per heavy atom. The highest BCUT2D eigenvalue weighted by molar-refractivity contribution is 5.31. The van der Waals surface area contributed by atoms with Gasteiger partial charge < -0.3 is 9.15 Å². The Hall–Kier alpha value is -1.74. The largest absolute Gasteiger partial charge is 0.492 e. The first-order valence-electron chi connectivity index (χ1n) is 6.57. The summed E-state index contributed by atoms with van der Waals surface area (Å²) in [6.07, 6.45) is 0. The fourth-order valence-corrected chi connectivity index (χ4v) is 1.94. The average molecular weight is 259 g/mol. The van der Waals surface area contributed by atoms with Crippen LogP contribution in [0.1, 0.15) is 17.1 Å². The van der Waals surface area contributed by atoms with Gasteiger partial charge in [-0.2, -0.15) is 0 Å². The Labute approximate surface area is 114 Å². The van der Waals surface area contributed by atoms with E-state index in [4.69, 9.17) is 9.15 Å². The Morgan fingerprint density at radius 1 is 1.11 bits per heavy atom. The number of furan rings is 1. The molecule has 0 bridgehead atoms. The van der Waals surface area contributed by atoms with E-state index in [1.54, 1.807) is 0 Å². The average Bonchev–Trinajstić information content (AvgIpc) is 2.77. The highest BCUT2D eigenvalue weighted by atomic mass is 16.5. The fourth-order valence-electron chi connectivity index (χ4n) is 1.94. The van der Waals surface area contributed by atoms with Gasteiger partial charge in [-0.1, -0.05) is 18.2 Å². The van der Waals surface area contributed by atoms with Crippen molar-refractivity contribution in [3.63, 3.8) is 0 Å². The molecule has 3 nitrogen and oxygen atoms in total. The Bertz CT molecular complexity index is 519. The minimum atomic E-state index is 0.682. The van der Waals surface area contributed by atoms with E-state index >= 15 is 0 Å². The van der Waals surface area contributed by atoms with Crippen LogP contribution in [-0.2, 0) is 6.54 Å². The first-order valence-corrected chi connectivity index (χ1v) is 6.57. The second kappa shape index (κ2) is 6.43. The molecule has 0 fully saturated rings. The lowest BCUT2D eigenvalue weighted by Gasteiger charge is -2.16. The molecule has 1 aromatic heterocycles. The van der Waals surface area contributed by atoms with Crippen LogP contribution in [0.5, 0.6) is 5.75 Å². The maximum atomic E-state index is 5.78. The molecule has 0 N–H and O–H groups in total. The topological polar surface area (TPSA) is 25.6 Å². The van der Waals surface area contributed by atoms with E-state index < -0.39 is 0 Å². The summed E-state index contributed by atoms with van der Waals surface area (Å²) >= 11 is 0. The first-order chi connectivity index (χ1) is 9.15. The number of hydrogen-bond donors (Lipinski definition) is 0. The van der Waals surface area contributed by atoms with Gasteiger partial charge in [0.15, 0.2) is 0 Å². The maximum Gasteiger partial charge on any atom is 0.122 e. The monoisotopic (exact) mass is 259 g/mol. The molecule has 1 heterocycles. The summed E-state index contributed by atoms with van der Waals surface area (Å²) in [5.41, 5.74) is 1.17. The molecule has 2 rings (SSSR count). The van der Waals surface area contributed by atoms with Crippen molar-refractivity contribution in [3.8, 4) is 5.75 Å². The number of likely N-dealkylation sites (N-methyl/N-ethyl adjacent to an activating group) is 1. The number of aryl methyl sites for hydroxylation is 2. The van der Waals surface area contributed by atoms with E-state index in [2.05, 4.69) is 24.9 Å². The quantitative estimate of drug-likeness (QED) is 0.795. The van der Waals surface area contributed by atoms with E-state index in [-0.39, 0.29) is 0 Å². The molecule has 19 heavy (non-hydrogen) atoms. The predicted octanol–water partition coefficient (Wildman–Crippen LogP) is 3.41. The van der Waals surface area contributed by atoms with Crippen LogP contribution in [0.25, 0.3) is 0 Å². The van der Waals surface area contributed by atoms with Gasteiger partial charge in [0.2, 0.25) is 0 Å². The summed E-state index contributed by atoms with van der Waals surface area (Å²) in [5.74, 6) is 2.92. The van der Waals surface area contributed by atoms with Crippen LogP contribution in [0, 0.1) is 13.8 Å². The highest BCUT2D eigenvalue weighted by Gasteiger charge is 2.04. The second-order valence-corrected chi connectivity index (χ2v) is 4.86. The summed E-state index contributed by atoms with van der Waals surface area (Å²) in [4.78, 5) is 2.19. The van der Waals surface area contributed by atoms with Crippen LogP contribution < -0.4 is 4.74 Å². The molecule has 0 aliphatic heterocycles. The van der Waals surface area contributed by atoms with E-state index in [9.17, 15) is 0 Å². The molecule has 0 atom stereocenters. The molecule has 0 aliphatic rings. The Kier molecular flexibility index (Phi) is 4.63. The van der Waals surface area contributed by atoms with Crippen molar-refractivity contribution in [2.75, 3.05) is 20.2 Å². The molecule has 102 valence electrons. The third kappa shape index (κ3) is 4.14. The van der Waals surface area contributed by atoms with Gasteiger partial charge in [0.05, 0.1) is 6.54 Å². The van der Waals surface area contributed by atoms with Crippen LogP contribution in [0.4, 0.5) is 0 Å².